The molecule has 0 spiro atoms. The van der Waals surface area contributed by atoms with Gasteiger partial charge in [0.05, 0.1) is 23.9 Å². The largest absolute Gasteiger partial charge is 0.383 e. The Kier molecular flexibility index (Phi) is 6.74. The van der Waals surface area contributed by atoms with Crippen LogP contribution in [0.5, 0.6) is 0 Å². The van der Waals surface area contributed by atoms with Crippen LogP contribution < -0.4 is 11.0 Å². The molecule has 0 radical (unpaired) electrons. The molecule has 0 unspecified atom stereocenters. The molecule has 0 saturated carbocycles. The first-order chi connectivity index (χ1) is 13.5. The minimum atomic E-state index is -0.162. The fraction of sp³-hybridized carbons (Fsp3) is 0.526. The summed E-state index contributed by atoms with van der Waals surface area (Å²) in [6.07, 6.45) is 1.52. The first kappa shape index (κ1) is 20.4. The fourth-order valence-electron chi connectivity index (χ4n) is 3.48. The summed E-state index contributed by atoms with van der Waals surface area (Å²) in [5, 5.41) is 7.91. The minimum absolute atomic E-state index is 0.103. The lowest BCUT2D eigenvalue weighted by molar-refractivity contribution is 0.181. The molecular weight excluding hydrogens is 382 g/mol. The van der Waals surface area contributed by atoms with E-state index in [9.17, 15) is 9.59 Å². The average molecular weight is 408 g/mol. The Morgan fingerprint density at radius 2 is 2.04 bits per heavy atom. The molecule has 2 amide bonds. The number of para-hydroxylation sites is 1. The van der Waals surface area contributed by atoms with Gasteiger partial charge in [-0.15, -0.1) is 0 Å². The van der Waals surface area contributed by atoms with Gasteiger partial charge in [-0.3, -0.25) is 4.57 Å². The molecule has 1 fully saturated rings. The van der Waals surface area contributed by atoms with Crippen LogP contribution in [-0.2, 0) is 17.8 Å². The highest BCUT2D eigenvalue weighted by atomic mass is 35.5. The summed E-state index contributed by atoms with van der Waals surface area (Å²) in [5.41, 5.74) is 0.501. The van der Waals surface area contributed by atoms with E-state index >= 15 is 0 Å². The minimum Gasteiger partial charge on any atom is -0.383 e. The van der Waals surface area contributed by atoms with Crippen molar-refractivity contribution in [3.63, 3.8) is 0 Å². The molecule has 9 heteroatoms. The Morgan fingerprint density at radius 1 is 1.32 bits per heavy atom. The van der Waals surface area contributed by atoms with E-state index in [0.29, 0.717) is 43.5 Å². The summed E-state index contributed by atoms with van der Waals surface area (Å²) in [6.45, 7) is 4.61. The number of likely N-dealkylation sites (tertiary alicyclic amines) is 1. The number of aromatic nitrogens is 3. The van der Waals surface area contributed by atoms with Crippen molar-refractivity contribution in [2.75, 3.05) is 32.1 Å². The standard InChI is InChI=1S/C19H26ClN5O3/c1-3-24-17(22-25(19(24)27)12-13-28-2)14-8-10-23(11-9-14)18(26)21-16-7-5-4-6-15(16)20/h4-7,14H,3,8-13H2,1-2H3,(H,21,26). The maximum atomic E-state index is 12.5. The number of nitrogens with one attached hydrogen (secondary N) is 1. The van der Waals surface area contributed by atoms with Crippen LogP contribution in [0.3, 0.4) is 0 Å². The average Bonchev–Trinajstić information content (AvgIpc) is 3.03. The van der Waals surface area contributed by atoms with E-state index in [2.05, 4.69) is 10.4 Å². The van der Waals surface area contributed by atoms with E-state index in [1.807, 2.05) is 19.1 Å². The second kappa shape index (κ2) is 9.25. The van der Waals surface area contributed by atoms with E-state index in [-0.39, 0.29) is 17.6 Å². The Bertz CT molecular complexity index is 871. The Balaban J connectivity index is 1.64. The Morgan fingerprint density at radius 3 is 2.68 bits per heavy atom. The summed E-state index contributed by atoms with van der Waals surface area (Å²) < 4.78 is 8.25. The molecule has 0 bridgehead atoms. The molecule has 0 atom stereocenters. The van der Waals surface area contributed by atoms with Gasteiger partial charge in [-0.2, -0.15) is 5.10 Å². The second-order valence-corrected chi connectivity index (χ2v) is 7.18. The monoisotopic (exact) mass is 407 g/mol. The molecule has 2 heterocycles. The molecule has 1 aromatic carbocycles. The number of hydrogen-bond acceptors (Lipinski definition) is 4. The van der Waals surface area contributed by atoms with Crippen molar-refractivity contribution in [2.45, 2.75) is 38.8 Å². The second-order valence-electron chi connectivity index (χ2n) is 6.77. The summed E-state index contributed by atoms with van der Waals surface area (Å²) in [4.78, 5) is 26.8. The van der Waals surface area contributed by atoms with Crippen molar-refractivity contribution in [1.82, 2.24) is 19.2 Å². The van der Waals surface area contributed by atoms with Gasteiger partial charge in [0, 0.05) is 32.7 Å². The molecule has 0 aliphatic carbocycles. The molecule has 8 nitrogen and oxygen atoms in total. The molecule has 1 aliphatic heterocycles. The SMILES string of the molecule is CCn1c(C2CCN(C(=O)Nc3ccccc3Cl)CC2)nn(CCOC)c1=O. The van der Waals surface area contributed by atoms with Crippen molar-refractivity contribution < 1.29 is 9.53 Å². The zero-order valence-corrected chi connectivity index (χ0v) is 17.0. The molecular formula is C19H26ClN5O3. The van der Waals surface area contributed by atoms with Crippen LogP contribution in [0, 0.1) is 0 Å². The van der Waals surface area contributed by atoms with Crippen molar-refractivity contribution in [2.24, 2.45) is 0 Å². The highest BCUT2D eigenvalue weighted by Crippen LogP contribution is 2.27. The third-order valence-electron chi connectivity index (χ3n) is 5.04. The number of ether oxygens (including phenoxy) is 1. The number of carbonyl (C=O) groups is 1. The summed E-state index contributed by atoms with van der Waals surface area (Å²) in [7, 11) is 1.60. The number of benzene rings is 1. The molecule has 2 aromatic rings. The van der Waals surface area contributed by atoms with Gasteiger partial charge < -0.3 is 15.0 Å². The summed E-state index contributed by atoms with van der Waals surface area (Å²) in [5.74, 6) is 0.954. The van der Waals surface area contributed by atoms with Crippen LogP contribution in [0.15, 0.2) is 29.1 Å². The predicted molar refractivity (Wildman–Crippen MR) is 108 cm³/mol. The maximum absolute atomic E-state index is 12.5. The van der Waals surface area contributed by atoms with Gasteiger partial charge in [-0.1, -0.05) is 23.7 Å². The summed E-state index contributed by atoms with van der Waals surface area (Å²) >= 11 is 6.11. The smallest absolute Gasteiger partial charge is 0.345 e. The van der Waals surface area contributed by atoms with Gasteiger partial charge in [0.25, 0.3) is 0 Å². The highest BCUT2D eigenvalue weighted by Gasteiger charge is 2.28. The predicted octanol–water partition coefficient (Wildman–Crippen LogP) is 2.78. The lowest BCUT2D eigenvalue weighted by Crippen LogP contribution is -2.41. The van der Waals surface area contributed by atoms with Crippen LogP contribution in [0.4, 0.5) is 10.5 Å². The number of anilines is 1. The van der Waals surface area contributed by atoms with E-state index in [4.69, 9.17) is 16.3 Å². The normalized spacial score (nSPS) is 15.0. The molecule has 1 N–H and O–H groups in total. The zero-order valence-electron chi connectivity index (χ0n) is 16.2. The van der Waals surface area contributed by atoms with E-state index in [1.54, 1.807) is 28.7 Å². The first-order valence-corrected chi connectivity index (χ1v) is 9.89. The van der Waals surface area contributed by atoms with Gasteiger partial charge >= 0.3 is 11.7 Å². The first-order valence-electron chi connectivity index (χ1n) is 9.52. The fourth-order valence-corrected chi connectivity index (χ4v) is 3.66. The van der Waals surface area contributed by atoms with Gasteiger partial charge in [0.1, 0.15) is 5.82 Å². The number of amides is 2. The number of methoxy groups -OCH3 is 1. The molecule has 28 heavy (non-hydrogen) atoms. The molecule has 1 aliphatic rings. The Hall–Kier alpha value is -2.32. The van der Waals surface area contributed by atoms with Gasteiger partial charge in [0.2, 0.25) is 0 Å². The lowest BCUT2D eigenvalue weighted by Gasteiger charge is -2.31. The van der Waals surface area contributed by atoms with Crippen LogP contribution >= 0.6 is 11.6 Å². The van der Waals surface area contributed by atoms with Crippen molar-refractivity contribution in [3.05, 3.63) is 45.6 Å². The van der Waals surface area contributed by atoms with Crippen LogP contribution in [0.25, 0.3) is 0 Å². The summed E-state index contributed by atoms with van der Waals surface area (Å²) in [6, 6.07) is 7.01. The number of piperidine rings is 1. The van der Waals surface area contributed by atoms with E-state index in [1.165, 1.54) is 4.68 Å². The topological polar surface area (TPSA) is 81.4 Å². The number of nitrogens with zero attached hydrogens (tertiary/aromatic N) is 4. The lowest BCUT2D eigenvalue weighted by atomic mass is 9.96. The Labute approximate surface area is 169 Å². The van der Waals surface area contributed by atoms with E-state index in [0.717, 1.165) is 18.7 Å². The quantitative estimate of drug-likeness (QED) is 0.798. The van der Waals surface area contributed by atoms with Crippen molar-refractivity contribution in [3.8, 4) is 0 Å². The number of urea groups is 1. The van der Waals surface area contributed by atoms with Crippen LogP contribution in [0.1, 0.15) is 31.5 Å². The molecule has 1 saturated heterocycles. The van der Waals surface area contributed by atoms with Gasteiger partial charge in [-0.25, -0.2) is 14.3 Å². The zero-order chi connectivity index (χ0) is 20.1. The molecule has 1 aromatic heterocycles. The maximum Gasteiger partial charge on any atom is 0.345 e. The van der Waals surface area contributed by atoms with Crippen LogP contribution in [0.2, 0.25) is 5.02 Å². The number of hydrogen-bond donors (Lipinski definition) is 1. The number of rotatable bonds is 6. The third-order valence-corrected chi connectivity index (χ3v) is 5.37. The molecule has 3 rings (SSSR count). The number of carbonyl (C=O) groups excluding carboxylic acids is 1. The number of halogens is 1. The molecule has 152 valence electrons. The van der Waals surface area contributed by atoms with Crippen LogP contribution in [-0.4, -0.2) is 52.1 Å². The highest BCUT2D eigenvalue weighted by molar-refractivity contribution is 6.33. The van der Waals surface area contributed by atoms with Gasteiger partial charge in [-0.05, 0) is 31.9 Å². The van der Waals surface area contributed by atoms with Crippen molar-refractivity contribution >= 4 is 23.3 Å². The van der Waals surface area contributed by atoms with Crippen molar-refractivity contribution in [1.29, 1.82) is 0 Å². The van der Waals surface area contributed by atoms with Gasteiger partial charge in [0.15, 0.2) is 0 Å². The third kappa shape index (κ3) is 4.39. The van der Waals surface area contributed by atoms with E-state index < -0.39 is 0 Å².